The topological polar surface area (TPSA) is 12.0 Å². The standard InChI is InChI=1S/C10H16.C6H15N.C2H7P.2CH4/c1-7-2-9-4-8(1)5-10(3-7)6-9;1-3-5-6-7-4-2;1-3-2;;/h7-10H,1-6H2;7H,3-6H2,1-2H3;3H,1-2H3;2*1H4. The highest BCUT2D eigenvalue weighted by atomic mass is 31.1. The minimum absolute atomic E-state index is 0. The number of hydrogen-bond donors (Lipinski definition) is 1. The maximum absolute atomic E-state index is 3.25. The molecule has 4 aliphatic carbocycles. The van der Waals surface area contributed by atoms with E-state index in [9.17, 15) is 0 Å². The van der Waals surface area contributed by atoms with Crippen LogP contribution in [0.4, 0.5) is 0 Å². The Morgan fingerprint density at radius 2 is 1.09 bits per heavy atom. The third-order valence-corrected chi connectivity index (χ3v) is 4.96. The van der Waals surface area contributed by atoms with E-state index in [-0.39, 0.29) is 14.9 Å². The normalized spacial score (nSPS) is 30.0. The van der Waals surface area contributed by atoms with Gasteiger partial charge < -0.3 is 5.32 Å². The number of hydrogen-bond acceptors (Lipinski definition) is 1. The molecule has 0 aromatic rings. The van der Waals surface area contributed by atoms with Gasteiger partial charge in [-0.2, -0.15) is 0 Å². The predicted molar refractivity (Wildman–Crippen MR) is 109 cm³/mol. The van der Waals surface area contributed by atoms with Crippen LogP contribution in [-0.4, -0.2) is 26.4 Å². The number of nitrogens with one attached hydrogen (secondary N) is 1. The molecule has 0 unspecified atom stereocenters. The van der Waals surface area contributed by atoms with E-state index in [0.29, 0.717) is 0 Å². The van der Waals surface area contributed by atoms with Crippen LogP contribution < -0.4 is 5.32 Å². The molecule has 1 N–H and O–H groups in total. The summed E-state index contributed by atoms with van der Waals surface area (Å²) >= 11 is 0. The Morgan fingerprint density at radius 3 is 1.32 bits per heavy atom. The van der Waals surface area contributed by atoms with Crippen molar-refractivity contribution in [1.82, 2.24) is 5.32 Å². The van der Waals surface area contributed by atoms with E-state index in [1.54, 1.807) is 38.5 Å². The fraction of sp³-hybridized carbons (Fsp3) is 1.00. The summed E-state index contributed by atoms with van der Waals surface area (Å²) in [6.07, 6.45) is 12.2. The van der Waals surface area contributed by atoms with Gasteiger partial charge >= 0.3 is 0 Å². The molecule has 0 spiro atoms. The number of unbranched alkanes of at least 4 members (excludes halogenated alkanes) is 1. The Morgan fingerprint density at radius 1 is 0.773 bits per heavy atom. The highest BCUT2D eigenvalue weighted by Gasteiger charge is 2.41. The predicted octanol–water partition coefficient (Wildman–Crippen LogP) is 6.43. The largest absolute Gasteiger partial charge is 0.317 e. The van der Waals surface area contributed by atoms with Crippen LogP contribution in [0.5, 0.6) is 0 Å². The first-order chi connectivity index (χ1) is 9.73. The molecular weight excluding hydrogens is 285 g/mol. The molecule has 4 fully saturated rings. The third-order valence-electron chi connectivity index (χ3n) is 4.96. The van der Waals surface area contributed by atoms with Crippen LogP contribution >= 0.6 is 8.58 Å². The lowest BCUT2D eigenvalue weighted by atomic mass is 9.56. The second kappa shape index (κ2) is 14.9. The quantitative estimate of drug-likeness (QED) is 0.462. The van der Waals surface area contributed by atoms with Crippen molar-refractivity contribution in [2.24, 2.45) is 23.7 Å². The first kappa shape index (κ1) is 24.6. The highest BCUT2D eigenvalue weighted by Crippen LogP contribution is 2.53. The first-order valence-corrected chi connectivity index (χ1v) is 11.0. The van der Waals surface area contributed by atoms with Gasteiger partial charge in [0.25, 0.3) is 0 Å². The van der Waals surface area contributed by atoms with Crippen molar-refractivity contribution >= 4 is 8.58 Å². The lowest BCUT2D eigenvalue weighted by molar-refractivity contribution is 0.0198. The Hall–Kier alpha value is 0.390. The molecule has 0 radical (unpaired) electrons. The van der Waals surface area contributed by atoms with Crippen molar-refractivity contribution < 1.29 is 0 Å². The Labute approximate surface area is 144 Å². The minimum atomic E-state index is 0. The van der Waals surface area contributed by atoms with Crippen molar-refractivity contribution in [3.63, 3.8) is 0 Å². The Balaban J connectivity index is 0. The summed E-state index contributed by atoms with van der Waals surface area (Å²) in [7, 11) is 1.08. The van der Waals surface area contributed by atoms with Gasteiger partial charge in [0.2, 0.25) is 0 Å². The van der Waals surface area contributed by atoms with Gasteiger partial charge in [0, 0.05) is 0 Å². The molecule has 0 aliphatic heterocycles. The molecule has 0 saturated heterocycles. The second-order valence-electron chi connectivity index (χ2n) is 7.09. The molecule has 4 bridgehead atoms. The smallest absolute Gasteiger partial charge is 0.00491 e. The van der Waals surface area contributed by atoms with Crippen LogP contribution in [0.2, 0.25) is 0 Å². The van der Waals surface area contributed by atoms with Crippen LogP contribution in [0.25, 0.3) is 0 Å². The van der Waals surface area contributed by atoms with E-state index in [4.69, 9.17) is 0 Å². The van der Waals surface area contributed by atoms with Gasteiger partial charge in [-0.3, -0.25) is 0 Å². The number of rotatable bonds is 4. The molecule has 0 heterocycles. The lowest BCUT2D eigenvalue weighted by Gasteiger charge is -2.49. The van der Waals surface area contributed by atoms with E-state index in [0.717, 1.165) is 15.1 Å². The SMILES string of the molecule is C.C.C1C2CC3CC1CC(C2)C3.CCCCNCC.CPC. The zero-order chi connectivity index (χ0) is 14.8. The van der Waals surface area contributed by atoms with Gasteiger partial charge in [-0.05, 0) is 95.0 Å². The monoisotopic (exact) mass is 331 g/mol. The van der Waals surface area contributed by atoms with Crippen LogP contribution in [0.1, 0.15) is 80.1 Å². The van der Waals surface area contributed by atoms with Crippen molar-refractivity contribution in [2.75, 3.05) is 26.4 Å². The summed E-state index contributed by atoms with van der Waals surface area (Å²) in [5, 5.41) is 3.25. The molecule has 0 atom stereocenters. The summed E-state index contributed by atoms with van der Waals surface area (Å²) in [5.41, 5.74) is 0. The molecule has 4 aliphatic rings. The lowest BCUT2D eigenvalue weighted by Crippen LogP contribution is -2.38. The van der Waals surface area contributed by atoms with E-state index in [2.05, 4.69) is 32.5 Å². The molecule has 22 heavy (non-hydrogen) atoms. The first-order valence-electron chi connectivity index (χ1n) is 9.02. The zero-order valence-electron chi connectivity index (χ0n) is 14.4. The Bertz CT molecular complexity index is 169. The van der Waals surface area contributed by atoms with Gasteiger partial charge in [0.05, 0.1) is 0 Å². The molecule has 0 aromatic carbocycles. The molecule has 0 aromatic heterocycles. The van der Waals surface area contributed by atoms with Crippen LogP contribution in [-0.2, 0) is 0 Å². The van der Waals surface area contributed by atoms with E-state index >= 15 is 0 Å². The zero-order valence-corrected chi connectivity index (χ0v) is 15.4. The molecule has 136 valence electrons. The fourth-order valence-corrected chi connectivity index (χ4v) is 4.46. The molecule has 2 heteroatoms. The molecule has 1 nitrogen and oxygen atoms in total. The van der Waals surface area contributed by atoms with Gasteiger partial charge in [0.15, 0.2) is 0 Å². The molecule has 4 saturated carbocycles. The maximum atomic E-state index is 3.25. The molecule has 0 amide bonds. The summed E-state index contributed by atoms with van der Waals surface area (Å²) in [6, 6.07) is 0. The summed E-state index contributed by atoms with van der Waals surface area (Å²) in [4.78, 5) is 0. The van der Waals surface area contributed by atoms with Gasteiger partial charge in [-0.15, -0.1) is 8.58 Å². The van der Waals surface area contributed by atoms with Crippen molar-refractivity contribution in [2.45, 2.75) is 80.1 Å². The average Bonchev–Trinajstić information content (AvgIpc) is 2.39. The Kier molecular flexibility index (Phi) is 16.7. The van der Waals surface area contributed by atoms with Gasteiger partial charge in [0.1, 0.15) is 0 Å². The van der Waals surface area contributed by atoms with Crippen molar-refractivity contribution in [3.8, 4) is 0 Å². The summed E-state index contributed by atoms with van der Waals surface area (Å²) in [5.74, 6) is 4.71. The second-order valence-corrected chi connectivity index (χ2v) is 8.09. The van der Waals surface area contributed by atoms with E-state index in [1.807, 2.05) is 0 Å². The maximum Gasteiger partial charge on any atom is -0.00491 e. The van der Waals surface area contributed by atoms with Crippen molar-refractivity contribution in [3.05, 3.63) is 0 Å². The summed E-state index contributed by atoms with van der Waals surface area (Å²) < 4.78 is 0. The van der Waals surface area contributed by atoms with E-state index < -0.39 is 0 Å². The van der Waals surface area contributed by atoms with Gasteiger partial charge in [-0.25, -0.2) is 0 Å². The average molecular weight is 332 g/mol. The van der Waals surface area contributed by atoms with Gasteiger partial charge in [-0.1, -0.05) is 35.1 Å². The van der Waals surface area contributed by atoms with Crippen LogP contribution in [0.3, 0.4) is 0 Å². The van der Waals surface area contributed by atoms with Crippen molar-refractivity contribution in [1.29, 1.82) is 0 Å². The minimum Gasteiger partial charge on any atom is -0.317 e. The fourth-order valence-electron chi connectivity index (χ4n) is 4.46. The van der Waals surface area contributed by atoms with E-state index in [1.165, 1.54) is 43.1 Å². The molecule has 4 rings (SSSR count). The van der Waals surface area contributed by atoms with Crippen LogP contribution in [0, 0.1) is 23.7 Å². The van der Waals surface area contributed by atoms with Crippen LogP contribution in [0.15, 0.2) is 0 Å². The third kappa shape index (κ3) is 9.51. The highest BCUT2D eigenvalue weighted by molar-refractivity contribution is 7.35. The molecular formula is C20H46NP. The summed E-state index contributed by atoms with van der Waals surface area (Å²) in [6.45, 7) is 10.9.